The third kappa shape index (κ3) is 3.82. The Bertz CT molecular complexity index is 348. The molecule has 5 heteroatoms. The number of aromatic nitrogens is 2. The van der Waals surface area contributed by atoms with Gasteiger partial charge in [-0.2, -0.15) is 0 Å². The predicted octanol–water partition coefficient (Wildman–Crippen LogP) is 2.61. The Morgan fingerprint density at radius 3 is 2.86 bits per heavy atom. The highest BCUT2D eigenvalue weighted by atomic mass is 35.5. The summed E-state index contributed by atoms with van der Waals surface area (Å²) in [5.41, 5.74) is 0. The average molecular weight is 230 g/mol. The minimum absolute atomic E-state index is 0.140. The van der Waals surface area contributed by atoms with E-state index in [0.717, 1.165) is 6.42 Å². The first-order valence-electron chi connectivity index (χ1n) is 4.06. The molecule has 0 bridgehead atoms. The van der Waals surface area contributed by atoms with E-state index in [0.29, 0.717) is 17.5 Å². The van der Waals surface area contributed by atoms with Gasteiger partial charge in [0.25, 0.3) is 0 Å². The summed E-state index contributed by atoms with van der Waals surface area (Å²) in [5, 5.41) is 3.51. The summed E-state index contributed by atoms with van der Waals surface area (Å²) >= 11 is 11.3. The smallest absolute Gasteiger partial charge is 0.225 e. The molecule has 1 aromatic rings. The summed E-state index contributed by atoms with van der Waals surface area (Å²) in [6, 6.07) is 1.62. The molecule has 0 saturated heterocycles. The fourth-order valence-corrected chi connectivity index (χ4v) is 1.27. The van der Waals surface area contributed by atoms with E-state index >= 15 is 0 Å². The molecule has 0 aliphatic rings. The summed E-state index contributed by atoms with van der Waals surface area (Å²) in [6.45, 7) is 2.52. The third-order valence-electron chi connectivity index (χ3n) is 1.40. The zero-order valence-electron chi connectivity index (χ0n) is 7.64. The highest BCUT2D eigenvalue weighted by Gasteiger charge is 1.99. The molecule has 0 unspecified atom stereocenters. The molecule has 0 aliphatic heterocycles. The van der Waals surface area contributed by atoms with Crippen LogP contribution in [0.5, 0.6) is 0 Å². The number of nitrogens with one attached hydrogen (secondary N) is 1. The molecule has 3 nitrogen and oxygen atoms in total. The van der Waals surface area contributed by atoms with Gasteiger partial charge in [0.1, 0.15) is 11.0 Å². The standard InChI is InChI=1S/C9H9Cl2N3/c1-2-3-4-5-12-8-6-7(10)13-9(11)14-8/h6H,4-5H2,1H3,(H,12,13,14). The lowest BCUT2D eigenvalue weighted by Crippen LogP contribution is -2.03. The van der Waals surface area contributed by atoms with Crippen molar-refractivity contribution in [3.8, 4) is 11.8 Å². The topological polar surface area (TPSA) is 37.8 Å². The Hall–Kier alpha value is -0.980. The second kappa shape index (κ2) is 5.69. The van der Waals surface area contributed by atoms with E-state index in [1.54, 1.807) is 13.0 Å². The van der Waals surface area contributed by atoms with Gasteiger partial charge in [0.15, 0.2) is 0 Å². The first-order valence-corrected chi connectivity index (χ1v) is 4.81. The van der Waals surface area contributed by atoms with E-state index in [4.69, 9.17) is 23.2 Å². The first-order chi connectivity index (χ1) is 6.72. The van der Waals surface area contributed by atoms with Crippen molar-refractivity contribution >= 4 is 29.0 Å². The summed E-state index contributed by atoms with van der Waals surface area (Å²) in [4.78, 5) is 7.67. The van der Waals surface area contributed by atoms with Crippen molar-refractivity contribution in [2.24, 2.45) is 0 Å². The molecule has 1 rings (SSSR count). The number of nitrogens with zero attached hydrogens (tertiary/aromatic N) is 2. The van der Waals surface area contributed by atoms with Gasteiger partial charge >= 0.3 is 0 Å². The normalized spacial score (nSPS) is 9.07. The SMILES string of the molecule is CC#CCCNc1cc(Cl)nc(Cl)n1. The van der Waals surface area contributed by atoms with E-state index in [-0.39, 0.29) is 5.28 Å². The summed E-state index contributed by atoms with van der Waals surface area (Å²) < 4.78 is 0. The van der Waals surface area contributed by atoms with Gasteiger partial charge in [-0.1, -0.05) is 11.6 Å². The van der Waals surface area contributed by atoms with Gasteiger partial charge in [-0.05, 0) is 18.5 Å². The molecule has 0 saturated carbocycles. The number of rotatable bonds is 3. The second-order valence-electron chi connectivity index (χ2n) is 2.45. The molecule has 0 aromatic carbocycles. The number of hydrogen-bond donors (Lipinski definition) is 1. The molecule has 0 fully saturated rings. The molecule has 0 spiro atoms. The van der Waals surface area contributed by atoms with Crippen molar-refractivity contribution in [3.63, 3.8) is 0 Å². The highest BCUT2D eigenvalue weighted by molar-refractivity contribution is 6.32. The van der Waals surface area contributed by atoms with Crippen LogP contribution in [0.15, 0.2) is 6.07 Å². The minimum Gasteiger partial charge on any atom is -0.369 e. The minimum atomic E-state index is 0.140. The Morgan fingerprint density at radius 1 is 1.43 bits per heavy atom. The number of halogens is 2. The lowest BCUT2D eigenvalue weighted by atomic mass is 10.4. The second-order valence-corrected chi connectivity index (χ2v) is 3.17. The van der Waals surface area contributed by atoms with Gasteiger partial charge in [0, 0.05) is 19.0 Å². The van der Waals surface area contributed by atoms with Gasteiger partial charge in [-0.3, -0.25) is 0 Å². The van der Waals surface area contributed by atoms with E-state index < -0.39 is 0 Å². The molecule has 74 valence electrons. The zero-order valence-corrected chi connectivity index (χ0v) is 9.15. The van der Waals surface area contributed by atoms with Crippen LogP contribution in [0.3, 0.4) is 0 Å². The van der Waals surface area contributed by atoms with Crippen molar-refractivity contribution < 1.29 is 0 Å². The fourth-order valence-electron chi connectivity index (χ4n) is 0.859. The molecule has 0 amide bonds. The maximum atomic E-state index is 5.69. The van der Waals surface area contributed by atoms with Gasteiger partial charge < -0.3 is 5.32 Å². The van der Waals surface area contributed by atoms with Crippen molar-refractivity contribution in [1.82, 2.24) is 9.97 Å². The van der Waals surface area contributed by atoms with Crippen molar-refractivity contribution in [2.45, 2.75) is 13.3 Å². The molecule has 1 aromatic heterocycles. The van der Waals surface area contributed by atoms with Crippen LogP contribution in [0.1, 0.15) is 13.3 Å². The Balaban J connectivity index is 2.53. The van der Waals surface area contributed by atoms with Crippen LogP contribution in [0.25, 0.3) is 0 Å². The number of hydrogen-bond acceptors (Lipinski definition) is 3. The lowest BCUT2D eigenvalue weighted by Gasteiger charge is -2.02. The zero-order chi connectivity index (χ0) is 10.4. The van der Waals surface area contributed by atoms with E-state index in [1.165, 1.54) is 0 Å². The summed E-state index contributed by atoms with van der Waals surface area (Å²) in [5.74, 6) is 6.35. The third-order valence-corrected chi connectivity index (χ3v) is 1.76. The molecule has 1 N–H and O–H groups in total. The van der Waals surface area contributed by atoms with Crippen LogP contribution in [-0.2, 0) is 0 Å². The predicted molar refractivity (Wildman–Crippen MR) is 58.6 cm³/mol. The van der Waals surface area contributed by atoms with E-state index in [2.05, 4.69) is 27.1 Å². The van der Waals surface area contributed by atoms with Crippen LogP contribution in [0, 0.1) is 11.8 Å². The summed E-state index contributed by atoms with van der Waals surface area (Å²) in [7, 11) is 0. The van der Waals surface area contributed by atoms with E-state index in [9.17, 15) is 0 Å². The van der Waals surface area contributed by atoms with Crippen LogP contribution >= 0.6 is 23.2 Å². The van der Waals surface area contributed by atoms with Gasteiger partial charge in [0.2, 0.25) is 5.28 Å². The van der Waals surface area contributed by atoms with Crippen LogP contribution in [0.2, 0.25) is 10.4 Å². The largest absolute Gasteiger partial charge is 0.369 e. The van der Waals surface area contributed by atoms with Crippen LogP contribution < -0.4 is 5.32 Å². The summed E-state index contributed by atoms with van der Waals surface area (Å²) in [6.07, 6.45) is 0.760. The Labute approximate surface area is 92.9 Å². The Kier molecular flexibility index (Phi) is 4.51. The molecule has 0 aliphatic carbocycles. The molecule has 0 atom stereocenters. The highest BCUT2D eigenvalue weighted by Crippen LogP contribution is 2.13. The van der Waals surface area contributed by atoms with Gasteiger partial charge in [-0.15, -0.1) is 11.8 Å². The maximum Gasteiger partial charge on any atom is 0.225 e. The van der Waals surface area contributed by atoms with Gasteiger partial charge in [0.05, 0.1) is 0 Å². The molecule has 1 heterocycles. The average Bonchev–Trinajstić information content (AvgIpc) is 2.11. The monoisotopic (exact) mass is 229 g/mol. The maximum absolute atomic E-state index is 5.69. The fraction of sp³-hybridized carbons (Fsp3) is 0.333. The van der Waals surface area contributed by atoms with Crippen LogP contribution in [0.4, 0.5) is 5.82 Å². The van der Waals surface area contributed by atoms with Gasteiger partial charge in [-0.25, -0.2) is 9.97 Å². The lowest BCUT2D eigenvalue weighted by molar-refractivity contribution is 1.05. The first kappa shape index (κ1) is 11.1. The molecular weight excluding hydrogens is 221 g/mol. The van der Waals surface area contributed by atoms with Crippen molar-refractivity contribution in [2.75, 3.05) is 11.9 Å². The number of anilines is 1. The van der Waals surface area contributed by atoms with Crippen molar-refractivity contribution in [1.29, 1.82) is 0 Å². The molecular formula is C9H9Cl2N3. The quantitative estimate of drug-likeness (QED) is 0.375. The van der Waals surface area contributed by atoms with Crippen LogP contribution in [-0.4, -0.2) is 16.5 Å². The van der Waals surface area contributed by atoms with E-state index in [1.807, 2.05) is 0 Å². The van der Waals surface area contributed by atoms with Crippen molar-refractivity contribution in [3.05, 3.63) is 16.5 Å². The molecule has 14 heavy (non-hydrogen) atoms. The Morgan fingerprint density at radius 2 is 2.21 bits per heavy atom. The molecule has 0 radical (unpaired) electrons.